The van der Waals surface area contributed by atoms with E-state index in [1.54, 1.807) is 7.11 Å². The van der Waals surface area contributed by atoms with Crippen LogP contribution in [0.3, 0.4) is 0 Å². The van der Waals surface area contributed by atoms with Gasteiger partial charge in [-0.15, -0.1) is 0 Å². The van der Waals surface area contributed by atoms with Gasteiger partial charge in [0.15, 0.2) is 0 Å². The van der Waals surface area contributed by atoms with Crippen LogP contribution in [0.2, 0.25) is 5.02 Å². The SMILES string of the molecule is CC[C@H](CO)[NH2+]Cc1ccc(OC)c(Cl)c1. The fraction of sp³-hybridized carbons (Fsp3) is 0.500. The van der Waals surface area contributed by atoms with E-state index in [0.29, 0.717) is 10.8 Å². The van der Waals surface area contributed by atoms with Gasteiger partial charge in [0.1, 0.15) is 18.3 Å². The Morgan fingerprint density at radius 3 is 2.75 bits per heavy atom. The molecule has 1 atom stereocenters. The molecular weight excluding hydrogens is 226 g/mol. The molecule has 0 aliphatic heterocycles. The smallest absolute Gasteiger partial charge is 0.137 e. The van der Waals surface area contributed by atoms with Crippen LogP contribution in [-0.2, 0) is 6.54 Å². The molecule has 0 bridgehead atoms. The van der Waals surface area contributed by atoms with Gasteiger partial charge >= 0.3 is 0 Å². The van der Waals surface area contributed by atoms with E-state index < -0.39 is 0 Å². The topological polar surface area (TPSA) is 46.1 Å². The molecule has 3 nitrogen and oxygen atoms in total. The van der Waals surface area contributed by atoms with Gasteiger partial charge in [-0.2, -0.15) is 0 Å². The molecular formula is C12H19ClNO2+. The van der Waals surface area contributed by atoms with Crippen LogP contribution in [0.25, 0.3) is 0 Å². The predicted molar refractivity (Wildman–Crippen MR) is 64.8 cm³/mol. The summed E-state index contributed by atoms with van der Waals surface area (Å²) in [5, 5.41) is 11.8. The first kappa shape index (κ1) is 13.3. The number of hydrogen-bond acceptors (Lipinski definition) is 2. The average Bonchev–Trinajstić information content (AvgIpc) is 2.30. The van der Waals surface area contributed by atoms with Crippen molar-refractivity contribution >= 4 is 11.6 Å². The van der Waals surface area contributed by atoms with Gasteiger partial charge in [-0.1, -0.05) is 18.5 Å². The van der Waals surface area contributed by atoms with E-state index in [4.69, 9.17) is 21.4 Å². The second-order valence-corrected chi connectivity index (χ2v) is 4.17. The van der Waals surface area contributed by atoms with Gasteiger partial charge in [0.25, 0.3) is 0 Å². The highest BCUT2D eigenvalue weighted by molar-refractivity contribution is 6.32. The summed E-state index contributed by atoms with van der Waals surface area (Å²) < 4.78 is 5.09. The minimum Gasteiger partial charge on any atom is -0.495 e. The van der Waals surface area contributed by atoms with Crippen molar-refractivity contribution in [2.75, 3.05) is 13.7 Å². The molecule has 0 radical (unpaired) electrons. The monoisotopic (exact) mass is 244 g/mol. The van der Waals surface area contributed by atoms with Crippen molar-refractivity contribution in [2.24, 2.45) is 0 Å². The Morgan fingerprint density at radius 2 is 2.25 bits per heavy atom. The van der Waals surface area contributed by atoms with Gasteiger partial charge in [-0.3, -0.25) is 0 Å². The number of aliphatic hydroxyl groups is 1. The molecule has 0 heterocycles. The maximum absolute atomic E-state index is 9.06. The zero-order valence-corrected chi connectivity index (χ0v) is 10.5. The number of ether oxygens (including phenoxy) is 1. The summed E-state index contributed by atoms with van der Waals surface area (Å²) in [7, 11) is 1.60. The lowest BCUT2D eigenvalue weighted by atomic mass is 10.2. The summed E-state index contributed by atoms with van der Waals surface area (Å²) in [6, 6.07) is 6.03. The summed E-state index contributed by atoms with van der Waals surface area (Å²) in [5.41, 5.74) is 1.14. The van der Waals surface area contributed by atoms with E-state index in [1.807, 2.05) is 18.2 Å². The summed E-state index contributed by atoms with van der Waals surface area (Å²) >= 11 is 6.02. The lowest BCUT2D eigenvalue weighted by Gasteiger charge is -2.11. The highest BCUT2D eigenvalue weighted by Gasteiger charge is 2.08. The predicted octanol–water partition coefficient (Wildman–Crippen LogP) is 1.18. The first-order chi connectivity index (χ1) is 7.71. The number of hydrogen-bond donors (Lipinski definition) is 2. The Hall–Kier alpha value is -0.770. The number of methoxy groups -OCH3 is 1. The maximum Gasteiger partial charge on any atom is 0.137 e. The van der Waals surface area contributed by atoms with Crippen molar-refractivity contribution < 1.29 is 15.2 Å². The van der Waals surface area contributed by atoms with Crippen molar-refractivity contribution in [3.63, 3.8) is 0 Å². The molecule has 4 heteroatoms. The number of halogens is 1. The van der Waals surface area contributed by atoms with Crippen LogP contribution in [-0.4, -0.2) is 24.9 Å². The molecule has 0 amide bonds. The number of rotatable bonds is 6. The highest BCUT2D eigenvalue weighted by atomic mass is 35.5. The van der Waals surface area contributed by atoms with Crippen LogP contribution in [0.1, 0.15) is 18.9 Å². The Bertz CT molecular complexity index is 327. The molecule has 0 fully saturated rings. The van der Waals surface area contributed by atoms with Gasteiger partial charge in [0, 0.05) is 5.56 Å². The van der Waals surface area contributed by atoms with Crippen molar-refractivity contribution in [1.29, 1.82) is 0 Å². The van der Waals surface area contributed by atoms with E-state index in [9.17, 15) is 0 Å². The molecule has 0 aliphatic carbocycles. The second-order valence-electron chi connectivity index (χ2n) is 3.76. The molecule has 1 aromatic carbocycles. The Kier molecular flexibility index (Phi) is 5.60. The third-order valence-electron chi connectivity index (χ3n) is 2.66. The van der Waals surface area contributed by atoms with Crippen LogP contribution in [0, 0.1) is 0 Å². The van der Waals surface area contributed by atoms with Crippen LogP contribution in [0.5, 0.6) is 5.75 Å². The summed E-state index contributed by atoms with van der Waals surface area (Å²) in [6.45, 7) is 3.10. The third kappa shape index (κ3) is 3.67. The quantitative estimate of drug-likeness (QED) is 0.790. The second kappa shape index (κ2) is 6.74. The van der Waals surface area contributed by atoms with E-state index in [-0.39, 0.29) is 12.6 Å². The Balaban J connectivity index is 2.58. The number of benzene rings is 1. The molecule has 0 spiro atoms. The van der Waals surface area contributed by atoms with Gasteiger partial charge in [0.05, 0.1) is 18.7 Å². The number of aliphatic hydroxyl groups excluding tert-OH is 1. The Labute approximate surface area is 101 Å². The first-order valence-electron chi connectivity index (χ1n) is 5.47. The van der Waals surface area contributed by atoms with Gasteiger partial charge in [-0.05, 0) is 24.6 Å². The number of quaternary nitrogens is 1. The molecule has 0 aliphatic rings. The minimum absolute atomic E-state index is 0.209. The molecule has 0 saturated heterocycles. The zero-order chi connectivity index (χ0) is 12.0. The maximum atomic E-state index is 9.06. The third-order valence-corrected chi connectivity index (χ3v) is 2.96. The molecule has 3 N–H and O–H groups in total. The summed E-state index contributed by atoms with van der Waals surface area (Å²) in [4.78, 5) is 0. The van der Waals surface area contributed by atoms with Gasteiger partial charge < -0.3 is 15.2 Å². The van der Waals surface area contributed by atoms with Crippen molar-refractivity contribution in [3.8, 4) is 5.75 Å². The van der Waals surface area contributed by atoms with Gasteiger partial charge in [-0.25, -0.2) is 0 Å². The lowest BCUT2D eigenvalue weighted by molar-refractivity contribution is -0.706. The van der Waals surface area contributed by atoms with Crippen molar-refractivity contribution in [2.45, 2.75) is 25.9 Å². The largest absolute Gasteiger partial charge is 0.495 e. The Morgan fingerprint density at radius 1 is 1.50 bits per heavy atom. The summed E-state index contributed by atoms with van der Waals surface area (Å²) in [6.07, 6.45) is 0.959. The normalized spacial score (nSPS) is 12.5. The van der Waals surface area contributed by atoms with Crippen LogP contribution >= 0.6 is 11.6 Å². The molecule has 0 saturated carbocycles. The first-order valence-corrected chi connectivity index (χ1v) is 5.85. The highest BCUT2D eigenvalue weighted by Crippen LogP contribution is 2.24. The molecule has 0 aromatic heterocycles. The molecule has 16 heavy (non-hydrogen) atoms. The van der Waals surface area contributed by atoms with E-state index in [2.05, 4.69) is 12.2 Å². The lowest BCUT2D eigenvalue weighted by Crippen LogP contribution is -2.89. The van der Waals surface area contributed by atoms with Crippen LogP contribution in [0.15, 0.2) is 18.2 Å². The summed E-state index contributed by atoms with van der Waals surface area (Å²) in [5.74, 6) is 0.694. The van der Waals surface area contributed by atoms with E-state index in [0.717, 1.165) is 18.5 Å². The minimum atomic E-state index is 0.209. The van der Waals surface area contributed by atoms with E-state index >= 15 is 0 Å². The number of nitrogens with two attached hydrogens (primary N) is 1. The molecule has 1 rings (SSSR count). The van der Waals surface area contributed by atoms with Crippen molar-refractivity contribution in [1.82, 2.24) is 0 Å². The van der Waals surface area contributed by atoms with Crippen LogP contribution in [0.4, 0.5) is 0 Å². The van der Waals surface area contributed by atoms with Gasteiger partial charge in [0.2, 0.25) is 0 Å². The zero-order valence-electron chi connectivity index (χ0n) is 9.74. The fourth-order valence-electron chi connectivity index (χ4n) is 1.51. The molecule has 90 valence electrons. The average molecular weight is 245 g/mol. The molecule has 0 unspecified atom stereocenters. The van der Waals surface area contributed by atoms with Crippen LogP contribution < -0.4 is 10.1 Å². The van der Waals surface area contributed by atoms with Crippen molar-refractivity contribution in [3.05, 3.63) is 28.8 Å². The standard InChI is InChI=1S/C12H18ClNO2/c1-3-10(8-15)14-7-9-4-5-12(16-2)11(13)6-9/h4-6,10,14-15H,3,7-8H2,1-2H3/p+1/t10-/m1/s1. The molecule has 1 aromatic rings. The fourth-order valence-corrected chi connectivity index (χ4v) is 1.79. The van der Waals surface area contributed by atoms with E-state index in [1.165, 1.54) is 0 Å².